The molecule has 0 saturated heterocycles. The summed E-state index contributed by atoms with van der Waals surface area (Å²) in [5.41, 5.74) is 1.68. The van der Waals surface area contributed by atoms with Crippen molar-refractivity contribution in [3.63, 3.8) is 0 Å². The Morgan fingerprint density at radius 2 is 1.86 bits per heavy atom. The molecule has 1 N–H and O–H groups in total. The van der Waals surface area contributed by atoms with Gasteiger partial charge in [0, 0.05) is 11.8 Å². The van der Waals surface area contributed by atoms with Crippen LogP contribution in [0.25, 0.3) is 6.08 Å². The van der Waals surface area contributed by atoms with Gasteiger partial charge in [0.2, 0.25) is 5.91 Å². The molecule has 2 rings (SSSR count). The molecule has 0 aliphatic heterocycles. The third kappa shape index (κ3) is 6.99. The first-order valence-corrected chi connectivity index (χ1v) is 9.41. The lowest BCUT2D eigenvalue weighted by molar-refractivity contribution is -0.111. The van der Waals surface area contributed by atoms with Crippen molar-refractivity contribution in [2.45, 2.75) is 20.3 Å². The van der Waals surface area contributed by atoms with Crippen molar-refractivity contribution in [2.75, 3.05) is 26.1 Å². The number of nitrogens with one attached hydrogen (secondary N) is 1. The summed E-state index contributed by atoms with van der Waals surface area (Å²) in [4.78, 5) is 23.8. The average Bonchev–Trinajstić information content (AvgIpc) is 2.72. The van der Waals surface area contributed by atoms with E-state index in [0.717, 1.165) is 12.0 Å². The van der Waals surface area contributed by atoms with E-state index in [-0.39, 0.29) is 5.91 Å². The molecule has 0 bridgehead atoms. The van der Waals surface area contributed by atoms with Crippen LogP contribution in [0.3, 0.4) is 0 Å². The Morgan fingerprint density at radius 3 is 2.55 bits per heavy atom. The number of anilines is 1. The van der Waals surface area contributed by atoms with Crippen LogP contribution in [0, 0.1) is 5.92 Å². The quantitative estimate of drug-likeness (QED) is 0.496. The SMILES string of the molecule is COC(=O)c1cccc(NC(=O)C=Cc2ccc(OCCC(C)C)c(OC)c2)c1. The van der Waals surface area contributed by atoms with Crippen LogP contribution in [0.1, 0.15) is 36.2 Å². The summed E-state index contributed by atoms with van der Waals surface area (Å²) in [5, 5.41) is 2.72. The van der Waals surface area contributed by atoms with Gasteiger partial charge in [-0.25, -0.2) is 4.79 Å². The molecule has 0 unspecified atom stereocenters. The van der Waals surface area contributed by atoms with Crippen molar-refractivity contribution < 1.29 is 23.8 Å². The van der Waals surface area contributed by atoms with Gasteiger partial charge in [0.05, 0.1) is 26.4 Å². The molecular weight excluding hydrogens is 370 g/mol. The smallest absolute Gasteiger partial charge is 0.337 e. The van der Waals surface area contributed by atoms with Gasteiger partial charge in [0.25, 0.3) is 0 Å². The van der Waals surface area contributed by atoms with Gasteiger partial charge in [-0.3, -0.25) is 4.79 Å². The zero-order valence-corrected chi connectivity index (χ0v) is 17.2. The van der Waals surface area contributed by atoms with E-state index in [2.05, 4.69) is 23.9 Å². The lowest BCUT2D eigenvalue weighted by atomic mass is 10.1. The molecule has 6 nitrogen and oxygen atoms in total. The van der Waals surface area contributed by atoms with Gasteiger partial charge in [-0.2, -0.15) is 0 Å². The first-order valence-electron chi connectivity index (χ1n) is 9.41. The summed E-state index contributed by atoms with van der Waals surface area (Å²) >= 11 is 0. The zero-order chi connectivity index (χ0) is 21.2. The predicted octanol–water partition coefficient (Wildman–Crippen LogP) is 4.56. The molecule has 0 aromatic heterocycles. The van der Waals surface area contributed by atoms with Crippen LogP contribution in [-0.4, -0.2) is 32.7 Å². The summed E-state index contributed by atoms with van der Waals surface area (Å²) < 4.78 is 15.8. The monoisotopic (exact) mass is 397 g/mol. The molecule has 0 heterocycles. The van der Waals surface area contributed by atoms with Crippen molar-refractivity contribution in [1.29, 1.82) is 0 Å². The number of carbonyl (C=O) groups is 2. The molecule has 0 saturated carbocycles. The third-order valence-corrected chi connectivity index (χ3v) is 4.12. The Labute approximate surface area is 171 Å². The fraction of sp³-hybridized carbons (Fsp3) is 0.304. The van der Waals surface area contributed by atoms with Crippen molar-refractivity contribution in [1.82, 2.24) is 0 Å². The van der Waals surface area contributed by atoms with Crippen LogP contribution in [-0.2, 0) is 9.53 Å². The van der Waals surface area contributed by atoms with E-state index in [9.17, 15) is 9.59 Å². The first-order chi connectivity index (χ1) is 13.9. The topological polar surface area (TPSA) is 73.9 Å². The number of carbonyl (C=O) groups excluding carboxylic acids is 2. The van der Waals surface area contributed by atoms with Crippen molar-refractivity contribution >= 4 is 23.6 Å². The Bertz CT molecular complexity index is 873. The van der Waals surface area contributed by atoms with Gasteiger partial charge in [0.15, 0.2) is 11.5 Å². The number of amides is 1. The Hall–Kier alpha value is -3.28. The second kappa shape index (κ2) is 10.9. The largest absolute Gasteiger partial charge is 0.493 e. The highest BCUT2D eigenvalue weighted by Crippen LogP contribution is 2.29. The van der Waals surface area contributed by atoms with E-state index in [4.69, 9.17) is 9.47 Å². The summed E-state index contributed by atoms with van der Waals surface area (Å²) in [5.74, 6) is 1.08. The summed E-state index contributed by atoms with van der Waals surface area (Å²) in [6.07, 6.45) is 4.06. The molecule has 0 spiro atoms. The van der Waals surface area contributed by atoms with Crippen molar-refractivity contribution in [3.8, 4) is 11.5 Å². The molecule has 0 aliphatic carbocycles. The molecule has 0 fully saturated rings. The minimum Gasteiger partial charge on any atom is -0.493 e. The van der Waals surface area contributed by atoms with E-state index in [1.54, 1.807) is 37.5 Å². The van der Waals surface area contributed by atoms with Crippen LogP contribution in [0.15, 0.2) is 48.5 Å². The third-order valence-electron chi connectivity index (χ3n) is 4.12. The zero-order valence-electron chi connectivity index (χ0n) is 17.2. The van der Waals surface area contributed by atoms with E-state index in [1.807, 2.05) is 18.2 Å². The Morgan fingerprint density at radius 1 is 1.07 bits per heavy atom. The first kappa shape index (κ1) is 22.0. The van der Waals surface area contributed by atoms with E-state index < -0.39 is 5.97 Å². The fourth-order valence-electron chi connectivity index (χ4n) is 2.51. The highest BCUT2D eigenvalue weighted by atomic mass is 16.5. The normalized spacial score (nSPS) is 10.8. The highest BCUT2D eigenvalue weighted by Gasteiger charge is 2.08. The molecule has 0 atom stereocenters. The lowest BCUT2D eigenvalue weighted by Gasteiger charge is -2.12. The minimum atomic E-state index is -0.459. The van der Waals surface area contributed by atoms with Crippen LogP contribution >= 0.6 is 0 Å². The van der Waals surface area contributed by atoms with Crippen molar-refractivity contribution in [3.05, 3.63) is 59.7 Å². The molecular formula is C23H27NO5. The molecule has 6 heteroatoms. The summed E-state index contributed by atoms with van der Waals surface area (Å²) in [6.45, 7) is 4.91. The second-order valence-corrected chi connectivity index (χ2v) is 6.84. The molecule has 2 aromatic carbocycles. The van der Waals surface area contributed by atoms with Crippen LogP contribution in [0.5, 0.6) is 11.5 Å². The van der Waals surface area contributed by atoms with Gasteiger partial charge in [-0.05, 0) is 54.3 Å². The second-order valence-electron chi connectivity index (χ2n) is 6.84. The highest BCUT2D eigenvalue weighted by molar-refractivity contribution is 6.02. The van der Waals surface area contributed by atoms with Crippen LogP contribution in [0.2, 0.25) is 0 Å². The lowest BCUT2D eigenvalue weighted by Crippen LogP contribution is -2.09. The van der Waals surface area contributed by atoms with Crippen LogP contribution < -0.4 is 14.8 Å². The van der Waals surface area contributed by atoms with E-state index in [1.165, 1.54) is 13.2 Å². The molecule has 2 aromatic rings. The van der Waals surface area contributed by atoms with Crippen molar-refractivity contribution in [2.24, 2.45) is 5.92 Å². The molecule has 0 radical (unpaired) electrons. The maximum Gasteiger partial charge on any atom is 0.337 e. The maximum atomic E-state index is 12.2. The summed E-state index contributed by atoms with van der Waals surface area (Å²) in [7, 11) is 2.89. The number of methoxy groups -OCH3 is 2. The fourth-order valence-corrected chi connectivity index (χ4v) is 2.51. The summed E-state index contributed by atoms with van der Waals surface area (Å²) in [6, 6.07) is 12.1. The number of rotatable bonds is 9. The average molecular weight is 397 g/mol. The number of benzene rings is 2. The molecule has 29 heavy (non-hydrogen) atoms. The van der Waals surface area contributed by atoms with Gasteiger partial charge < -0.3 is 19.5 Å². The number of hydrogen-bond acceptors (Lipinski definition) is 5. The van der Waals surface area contributed by atoms with Crippen LogP contribution in [0.4, 0.5) is 5.69 Å². The Balaban J connectivity index is 2.01. The predicted molar refractivity (Wildman–Crippen MR) is 113 cm³/mol. The van der Waals surface area contributed by atoms with E-state index in [0.29, 0.717) is 35.3 Å². The number of ether oxygens (including phenoxy) is 3. The molecule has 1 amide bonds. The molecule has 154 valence electrons. The van der Waals surface area contributed by atoms with Gasteiger partial charge in [-0.15, -0.1) is 0 Å². The number of esters is 1. The Kier molecular flexibility index (Phi) is 8.27. The van der Waals surface area contributed by atoms with Gasteiger partial charge in [0.1, 0.15) is 0 Å². The minimum absolute atomic E-state index is 0.316. The maximum absolute atomic E-state index is 12.2. The number of hydrogen-bond donors (Lipinski definition) is 1. The molecule has 0 aliphatic rings. The standard InChI is InChI=1S/C23H27NO5/c1-16(2)12-13-29-20-10-8-17(14-21(20)27-3)9-11-22(25)24-19-7-5-6-18(15-19)23(26)28-4/h5-11,14-16H,12-13H2,1-4H3,(H,24,25). The van der Waals surface area contributed by atoms with Gasteiger partial charge in [-0.1, -0.05) is 26.0 Å². The van der Waals surface area contributed by atoms with Gasteiger partial charge >= 0.3 is 5.97 Å². The van der Waals surface area contributed by atoms with E-state index >= 15 is 0 Å².